The van der Waals surface area contributed by atoms with Crippen molar-refractivity contribution in [3.8, 4) is 0 Å². The average Bonchev–Trinajstić information content (AvgIpc) is 2.27. The summed E-state index contributed by atoms with van der Waals surface area (Å²) < 4.78 is 26.3. The first-order valence-corrected chi connectivity index (χ1v) is 6.28. The Bertz CT molecular complexity index is 431. The summed E-state index contributed by atoms with van der Waals surface area (Å²) in [6.45, 7) is 3.95. The number of rotatable bonds is 1. The molecule has 0 radical (unpaired) electrons. The van der Waals surface area contributed by atoms with Crippen molar-refractivity contribution >= 4 is 5.91 Å². The fourth-order valence-corrected chi connectivity index (χ4v) is 2.65. The number of carbonyl (C=O) groups is 1. The molecule has 1 heterocycles. The second-order valence-corrected chi connectivity index (χ2v) is 5.00. The van der Waals surface area contributed by atoms with Crippen LogP contribution in [0.3, 0.4) is 0 Å². The quantitative estimate of drug-likeness (QED) is 0.751. The zero-order valence-corrected chi connectivity index (χ0v) is 10.6. The monoisotopic (exact) mass is 253 g/mol. The topological polar surface area (TPSA) is 20.3 Å². The largest absolute Gasteiger partial charge is 0.333 e. The summed E-state index contributed by atoms with van der Waals surface area (Å²) in [5.74, 6) is -1.71. The molecule has 1 aromatic carbocycles. The Balaban J connectivity index is 2.29. The average molecular weight is 253 g/mol. The Labute approximate surface area is 106 Å². The van der Waals surface area contributed by atoms with Gasteiger partial charge in [-0.05, 0) is 45.2 Å². The van der Waals surface area contributed by atoms with Crippen LogP contribution in [0.15, 0.2) is 18.2 Å². The van der Waals surface area contributed by atoms with Crippen LogP contribution < -0.4 is 0 Å². The van der Waals surface area contributed by atoms with Gasteiger partial charge in [0.25, 0.3) is 5.91 Å². The molecule has 1 saturated heterocycles. The van der Waals surface area contributed by atoms with Crippen LogP contribution in [-0.4, -0.2) is 22.9 Å². The Morgan fingerprint density at radius 3 is 2.11 bits per heavy atom. The van der Waals surface area contributed by atoms with Crippen molar-refractivity contribution in [2.75, 3.05) is 0 Å². The predicted octanol–water partition coefficient (Wildman–Crippen LogP) is 3.37. The number of hydrogen-bond acceptors (Lipinski definition) is 1. The first kappa shape index (κ1) is 13.0. The molecule has 2 rings (SSSR count). The Hall–Kier alpha value is -1.45. The molecule has 0 aromatic heterocycles. The standard InChI is InChI=1S/C14H17F2NO/c1-9-4-3-5-10(2)17(9)14(18)11-6-12(15)8-13(16)7-11/h6-10H,3-5H2,1-2H3. The molecule has 1 aliphatic rings. The molecule has 2 nitrogen and oxygen atoms in total. The highest BCUT2D eigenvalue weighted by atomic mass is 19.1. The molecule has 0 saturated carbocycles. The van der Waals surface area contributed by atoms with Gasteiger partial charge in [-0.1, -0.05) is 0 Å². The van der Waals surface area contributed by atoms with Crippen molar-refractivity contribution < 1.29 is 13.6 Å². The van der Waals surface area contributed by atoms with Crippen LogP contribution in [0.2, 0.25) is 0 Å². The van der Waals surface area contributed by atoms with Gasteiger partial charge in [0.2, 0.25) is 0 Å². The van der Waals surface area contributed by atoms with Crippen LogP contribution in [-0.2, 0) is 0 Å². The summed E-state index contributed by atoms with van der Waals surface area (Å²) >= 11 is 0. The van der Waals surface area contributed by atoms with E-state index in [9.17, 15) is 13.6 Å². The van der Waals surface area contributed by atoms with Gasteiger partial charge in [-0.15, -0.1) is 0 Å². The van der Waals surface area contributed by atoms with E-state index in [0.29, 0.717) is 0 Å². The van der Waals surface area contributed by atoms with Gasteiger partial charge in [-0.25, -0.2) is 8.78 Å². The Morgan fingerprint density at radius 1 is 1.11 bits per heavy atom. The third kappa shape index (κ3) is 2.52. The second kappa shape index (κ2) is 5.04. The fraction of sp³-hybridized carbons (Fsp3) is 0.500. The van der Waals surface area contributed by atoms with E-state index in [0.717, 1.165) is 37.5 Å². The molecule has 18 heavy (non-hydrogen) atoms. The van der Waals surface area contributed by atoms with Crippen LogP contribution in [0.25, 0.3) is 0 Å². The van der Waals surface area contributed by atoms with Gasteiger partial charge in [0.05, 0.1) is 0 Å². The highest BCUT2D eigenvalue weighted by Gasteiger charge is 2.29. The van der Waals surface area contributed by atoms with Gasteiger partial charge in [-0.2, -0.15) is 0 Å². The van der Waals surface area contributed by atoms with Gasteiger partial charge in [0.1, 0.15) is 11.6 Å². The lowest BCUT2D eigenvalue weighted by molar-refractivity contribution is 0.0509. The molecule has 1 aliphatic heterocycles. The van der Waals surface area contributed by atoms with E-state index in [-0.39, 0.29) is 23.6 Å². The van der Waals surface area contributed by atoms with Crippen molar-refractivity contribution in [1.82, 2.24) is 4.90 Å². The molecule has 1 fully saturated rings. The van der Waals surface area contributed by atoms with Crippen molar-refractivity contribution in [2.24, 2.45) is 0 Å². The third-order valence-corrected chi connectivity index (χ3v) is 3.54. The van der Waals surface area contributed by atoms with E-state index in [1.807, 2.05) is 13.8 Å². The summed E-state index contributed by atoms with van der Waals surface area (Å²) in [7, 11) is 0. The molecule has 1 aromatic rings. The van der Waals surface area contributed by atoms with E-state index in [1.54, 1.807) is 4.90 Å². The van der Waals surface area contributed by atoms with Crippen LogP contribution in [0, 0.1) is 11.6 Å². The second-order valence-electron chi connectivity index (χ2n) is 5.00. The number of piperidine rings is 1. The minimum absolute atomic E-state index is 0.0908. The summed E-state index contributed by atoms with van der Waals surface area (Å²) in [6, 6.07) is 3.21. The van der Waals surface area contributed by atoms with Crippen LogP contribution in [0.1, 0.15) is 43.5 Å². The highest BCUT2D eigenvalue weighted by molar-refractivity contribution is 5.94. The van der Waals surface area contributed by atoms with Gasteiger partial charge in [-0.3, -0.25) is 4.79 Å². The van der Waals surface area contributed by atoms with Crippen molar-refractivity contribution in [2.45, 2.75) is 45.2 Å². The molecule has 0 bridgehead atoms. The molecule has 1 amide bonds. The Morgan fingerprint density at radius 2 is 1.61 bits per heavy atom. The number of likely N-dealkylation sites (tertiary alicyclic amines) is 1. The number of amides is 1. The zero-order chi connectivity index (χ0) is 13.3. The number of benzene rings is 1. The van der Waals surface area contributed by atoms with Gasteiger partial charge in [0.15, 0.2) is 0 Å². The number of carbonyl (C=O) groups excluding carboxylic acids is 1. The summed E-state index contributed by atoms with van der Waals surface area (Å²) in [5, 5.41) is 0. The summed E-state index contributed by atoms with van der Waals surface area (Å²) in [5.41, 5.74) is 0.0908. The zero-order valence-electron chi connectivity index (χ0n) is 10.6. The van der Waals surface area contributed by atoms with Gasteiger partial charge in [0, 0.05) is 23.7 Å². The lowest BCUT2D eigenvalue weighted by atomic mass is 9.96. The Kier molecular flexibility index (Phi) is 3.64. The molecule has 98 valence electrons. The number of halogens is 2. The smallest absolute Gasteiger partial charge is 0.254 e. The van der Waals surface area contributed by atoms with E-state index >= 15 is 0 Å². The van der Waals surface area contributed by atoms with Crippen LogP contribution >= 0.6 is 0 Å². The first-order valence-electron chi connectivity index (χ1n) is 6.28. The number of hydrogen-bond donors (Lipinski definition) is 0. The van der Waals surface area contributed by atoms with Crippen molar-refractivity contribution in [3.63, 3.8) is 0 Å². The highest BCUT2D eigenvalue weighted by Crippen LogP contribution is 2.25. The minimum atomic E-state index is -0.712. The third-order valence-electron chi connectivity index (χ3n) is 3.54. The van der Waals surface area contributed by atoms with E-state index < -0.39 is 11.6 Å². The molecule has 0 spiro atoms. The van der Waals surface area contributed by atoms with Crippen LogP contribution in [0.5, 0.6) is 0 Å². The molecule has 2 unspecified atom stereocenters. The lowest BCUT2D eigenvalue weighted by Gasteiger charge is -2.39. The van der Waals surface area contributed by atoms with E-state index in [2.05, 4.69) is 0 Å². The first-order chi connectivity index (χ1) is 8.49. The molecular formula is C14H17F2NO. The maximum atomic E-state index is 13.1. The number of nitrogens with zero attached hydrogens (tertiary/aromatic N) is 1. The minimum Gasteiger partial charge on any atom is -0.333 e. The summed E-state index contributed by atoms with van der Waals surface area (Å²) in [6.07, 6.45) is 2.96. The normalized spacial score (nSPS) is 24.1. The van der Waals surface area contributed by atoms with Gasteiger partial charge >= 0.3 is 0 Å². The maximum Gasteiger partial charge on any atom is 0.254 e. The van der Waals surface area contributed by atoms with Crippen molar-refractivity contribution in [3.05, 3.63) is 35.4 Å². The molecule has 0 aliphatic carbocycles. The molecular weight excluding hydrogens is 236 g/mol. The van der Waals surface area contributed by atoms with E-state index in [1.165, 1.54) is 0 Å². The maximum absolute atomic E-state index is 13.1. The summed E-state index contributed by atoms with van der Waals surface area (Å²) in [4.78, 5) is 14.1. The van der Waals surface area contributed by atoms with Gasteiger partial charge < -0.3 is 4.90 Å². The lowest BCUT2D eigenvalue weighted by Crippen LogP contribution is -2.47. The van der Waals surface area contributed by atoms with E-state index in [4.69, 9.17) is 0 Å². The van der Waals surface area contributed by atoms with Crippen LogP contribution in [0.4, 0.5) is 8.78 Å². The fourth-order valence-electron chi connectivity index (χ4n) is 2.65. The predicted molar refractivity (Wildman–Crippen MR) is 65.3 cm³/mol. The molecule has 4 heteroatoms. The molecule has 0 N–H and O–H groups in total. The van der Waals surface area contributed by atoms with Crippen molar-refractivity contribution in [1.29, 1.82) is 0 Å². The SMILES string of the molecule is CC1CCCC(C)N1C(=O)c1cc(F)cc(F)c1. The molecule has 2 atom stereocenters.